The topological polar surface area (TPSA) is 87.6 Å². The molecule has 8 nitrogen and oxygen atoms in total. The fourth-order valence-electron chi connectivity index (χ4n) is 4.71. The third-order valence-electron chi connectivity index (χ3n) is 6.85. The number of hydrogen-bond donors (Lipinski definition) is 1. The van der Waals surface area contributed by atoms with Crippen LogP contribution in [0.3, 0.4) is 0 Å². The summed E-state index contributed by atoms with van der Waals surface area (Å²) < 4.78 is 6.47. The van der Waals surface area contributed by atoms with Crippen LogP contribution >= 0.6 is 12.2 Å². The number of benzene rings is 3. The molecule has 1 fully saturated rings. The molecule has 4 aromatic rings. The van der Waals surface area contributed by atoms with Gasteiger partial charge in [-0.3, -0.25) is 19.1 Å². The molecule has 194 valence electrons. The SMILES string of the molecule is COC(=O)c1ccc2c(=O)n(Cc3ccc(C(=O)N4CCN(Cc5ccccc5)CC4)cc3)c(=S)[nH]c2c1. The van der Waals surface area contributed by atoms with Crippen molar-refractivity contribution < 1.29 is 14.3 Å². The molecule has 0 radical (unpaired) electrons. The molecule has 0 aliphatic carbocycles. The normalized spacial score (nSPS) is 14.0. The van der Waals surface area contributed by atoms with Crippen LogP contribution in [0.4, 0.5) is 0 Å². The van der Waals surface area contributed by atoms with E-state index in [0.29, 0.717) is 35.1 Å². The zero-order valence-corrected chi connectivity index (χ0v) is 21.9. The van der Waals surface area contributed by atoms with Gasteiger partial charge in [-0.25, -0.2) is 4.79 Å². The summed E-state index contributed by atoms with van der Waals surface area (Å²) >= 11 is 5.43. The standard InChI is InChI=1S/C29H28N4O4S/c1-37-28(36)23-11-12-24-25(17-23)30-29(38)33(27(24)35)19-21-7-9-22(10-8-21)26(34)32-15-13-31(14-16-32)18-20-5-3-2-4-6-20/h2-12,17H,13-16,18-19H2,1H3,(H,30,38). The van der Waals surface area contributed by atoms with Crippen molar-refractivity contribution in [3.63, 3.8) is 0 Å². The highest BCUT2D eigenvalue weighted by Gasteiger charge is 2.22. The summed E-state index contributed by atoms with van der Waals surface area (Å²) in [7, 11) is 1.30. The van der Waals surface area contributed by atoms with E-state index in [1.807, 2.05) is 35.2 Å². The lowest BCUT2D eigenvalue weighted by Gasteiger charge is -2.34. The molecule has 9 heteroatoms. The maximum absolute atomic E-state index is 13.1. The first-order valence-electron chi connectivity index (χ1n) is 12.4. The zero-order chi connectivity index (χ0) is 26.6. The van der Waals surface area contributed by atoms with Gasteiger partial charge in [0.25, 0.3) is 11.5 Å². The van der Waals surface area contributed by atoms with Gasteiger partial charge in [-0.2, -0.15) is 0 Å². The minimum atomic E-state index is -0.487. The number of hydrogen-bond acceptors (Lipinski definition) is 6. The van der Waals surface area contributed by atoms with Crippen molar-refractivity contribution in [3.8, 4) is 0 Å². The van der Waals surface area contributed by atoms with Crippen LogP contribution in [0.5, 0.6) is 0 Å². The van der Waals surface area contributed by atoms with Crippen LogP contribution in [0.15, 0.2) is 77.6 Å². The first-order valence-corrected chi connectivity index (χ1v) is 12.8. The Labute approximate surface area is 225 Å². The number of esters is 1. The Kier molecular flexibility index (Phi) is 7.48. The van der Waals surface area contributed by atoms with E-state index in [-0.39, 0.29) is 22.8 Å². The van der Waals surface area contributed by atoms with Crippen LogP contribution in [0.1, 0.15) is 31.8 Å². The molecular weight excluding hydrogens is 500 g/mol. The molecule has 1 saturated heterocycles. The number of piperazine rings is 1. The molecule has 3 aromatic carbocycles. The van der Waals surface area contributed by atoms with Gasteiger partial charge in [-0.05, 0) is 53.7 Å². The van der Waals surface area contributed by atoms with Crippen molar-refractivity contribution in [2.75, 3.05) is 33.3 Å². The first kappa shape index (κ1) is 25.6. The Balaban J connectivity index is 1.25. The van der Waals surface area contributed by atoms with Crippen molar-refractivity contribution in [3.05, 3.63) is 110 Å². The van der Waals surface area contributed by atoms with Gasteiger partial charge in [0.15, 0.2) is 4.77 Å². The predicted molar refractivity (Wildman–Crippen MR) is 148 cm³/mol. The quantitative estimate of drug-likeness (QED) is 0.302. The minimum absolute atomic E-state index is 0.0116. The van der Waals surface area contributed by atoms with Gasteiger partial charge in [0.2, 0.25) is 0 Å². The zero-order valence-electron chi connectivity index (χ0n) is 21.1. The molecule has 0 atom stereocenters. The second-order valence-corrected chi connectivity index (χ2v) is 9.71. The highest BCUT2D eigenvalue weighted by molar-refractivity contribution is 7.71. The van der Waals surface area contributed by atoms with Crippen LogP contribution in [-0.2, 0) is 17.8 Å². The fourth-order valence-corrected chi connectivity index (χ4v) is 4.97. The van der Waals surface area contributed by atoms with Crippen molar-refractivity contribution in [2.45, 2.75) is 13.1 Å². The lowest BCUT2D eigenvalue weighted by atomic mass is 10.1. The molecule has 0 bridgehead atoms. The number of ether oxygens (including phenoxy) is 1. The third kappa shape index (κ3) is 5.44. The molecule has 2 heterocycles. The van der Waals surface area contributed by atoms with Crippen molar-refractivity contribution >= 4 is 35.0 Å². The molecule has 0 spiro atoms. The van der Waals surface area contributed by atoms with Gasteiger partial charge in [0.05, 0.1) is 30.1 Å². The summed E-state index contributed by atoms with van der Waals surface area (Å²) in [5.41, 5.74) is 3.30. The van der Waals surface area contributed by atoms with Crippen molar-refractivity contribution in [2.24, 2.45) is 0 Å². The third-order valence-corrected chi connectivity index (χ3v) is 7.18. The maximum Gasteiger partial charge on any atom is 0.337 e. The van der Waals surface area contributed by atoms with Crippen LogP contribution in [0, 0.1) is 4.77 Å². The van der Waals surface area contributed by atoms with E-state index >= 15 is 0 Å². The number of methoxy groups -OCH3 is 1. The predicted octanol–water partition coefficient (Wildman–Crippen LogP) is 3.85. The van der Waals surface area contributed by atoms with Crippen LogP contribution < -0.4 is 5.56 Å². The smallest absolute Gasteiger partial charge is 0.337 e. The molecular formula is C29H28N4O4S. The van der Waals surface area contributed by atoms with Gasteiger partial charge < -0.3 is 14.6 Å². The number of nitrogens with zero attached hydrogens (tertiary/aromatic N) is 3. The van der Waals surface area contributed by atoms with E-state index in [0.717, 1.165) is 25.2 Å². The average Bonchev–Trinajstić information content (AvgIpc) is 2.95. The largest absolute Gasteiger partial charge is 0.465 e. The number of aromatic amines is 1. The van der Waals surface area contributed by atoms with Crippen molar-refractivity contribution in [1.29, 1.82) is 0 Å². The lowest BCUT2D eigenvalue weighted by molar-refractivity contribution is 0.0599. The number of amides is 1. The second kappa shape index (κ2) is 11.1. The molecule has 1 aliphatic rings. The van der Waals surface area contributed by atoms with E-state index in [1.165, 1.54) is 17.2 Å². The number of rotatable bonds is 6. The van der Waals surface area contributed by atoms with Crippen LogP contribution in [0.25, 0.3) is 10.9 Å². The van der Waals surface area contributed by atoms with E-state index < -0.39 is 5.97 Å². The van der Waals surface area contributed by atoms with E-state index in [4.69, 9.17) is 17.0 Å². The maximum atomic E-state index is 13.1. The number of carbonyl (C=O) groups is 2. The summed E-state index contributed by atoms with van der Waals surface area (Å²) in [6, 6.07) is 22.4. The Morgan fingerprint density at radius 1 is 0.868 bits per heavy atom. The first-order chi connectivity index (χ1) is 18.4. The van der Waals surface area contributed by atoms with Gasteiger partial charge in [0, 0.05) is 38.3 Å². The fraction of sp³-hybridized carbons (Fsp3) is 0.241. The Morgan fingerprint density at radius 3 is 2.21 bits per heavy atom. The van der Waals surface area contributed by atoms with Gasteiger partial charge in [-0.15, -0.1) is 0 Å². The number of H-pyrrole nitrogens is 1. The number of aromatic nitrogens is 2. The highest BCUT2D eigenvalue weighted by Crippen LogP contribution is 2.15. The molecule has 1 aliphatic heterocycles. The molecule has 0 unspecified atom stereocenters. The molecule has 0 saturated carbocycles. The van der Waals surface area contributed by atoms with E-state index in [1.54, 1.807) is 30.3 Å². The van der Waals surface area contributed by atoms with E-state index in [2.05, 4.69) is 22.0 Å². The lowest BCUT2D eigenvalue weighted by Crippen LogP contribution is -2.48. The van der Waals surface area contributed by atoms with Gasteiger partial charge >= 0.3 is 5.97 Å². The highest BCUT2D eigenvalue weighted by atomic mass is 32.1. The molecule has 1 aromatic heterocycles. The van der Waals surface area contributed by atoms with E-state index in [9.17, 15) is 14.4 Å². The molecule has 38 heavy (non-hydrogen) atoms. The average molecular weight is 529 g/mol. The number of fused-ring (bicyclic) bond motifs is 1. The number of nitrogens with one attached hydrogen (secondary N) is 1. The second-order valence-electron chi connectivity index (χ2n) is 9.32. The summed E-state index contributed by atoms with van der Waals surface area (Å²) in [6.07, 6.45) is 0. The Bertz CT molecular complexity index is 1590. The molecule has 5 rings (SSSR count). The summed E-state index contributed by atoms with van der Waals surface area (Å²) in [4.78, 5) is 45.3. The van der Waals surface area contributed by atoms with Gasteiger partial charge in [-0.1, -0.05) is 42.5 Å². The monoisotopic (exact) mass is 528 g/mol. The van der Waals surface area contributed by atoms with Crippen LogP contribution in [-0.4, -0.2) is 64.5 Å². The summed E-state index contributed by atoms with van der Waals surface area (Å²) in [5.74, 6) is -0.475. The Hall–Kier alpha value is -4.08. The van der Waals surface area contributed by atoms with Crippen LogP contribution in [0.2, 0.25) is 0 Å². The van der Waals surface area contributed by atoms with Gasteiger partial charge in [0.1, 0.15) is 0 Å². The minimum Gasteiger partial charge on any atom is -0.465 e. The molecule has 1 N–H and O–H groups in total. The number of carbonyl (C=O) groups excluding carboxylic acids is 2. The van der Waals surface area contributed by atoms with Crippen molar-refractivity contribution in [1.82, 2.24) is 19.4 Å². The molecule has 1 amide bonds. The Morgan fingerprint density at radius 2 is 1.53 bits per heavy atom. The summed E-state index contributed by atoms with van der Waals surface area (Å²) in [5, 5.41) is 0.421. The summed E-state index contributed by atoms with van der Waals surface area (Å²) in [6.45, 7) is 4.20.